The molecule has 2 atom stereocenters. The van der Waals surface area contributed by atoms with Crippen LogP contribution in [0.3, 0.4) is 0 Å². The Morgan fingerprint density at radius 3 is 2.44 bits per heavy atom. The normalized spacial score (nSPS) is 25.2. The van der Waals surface area contributed by atoms with Crippen molar-refractivity contribution in [2.24, 2.45) is 11.8 Å². The van der Waals surface area contributed by atoms with Crippen LogP contribution in [0.1, 0.15) is 65.7 Å². The molecule has 92 valence electrons. The number of allylic oxidation sites excluding steroid dienone is 2. The van der Waals surface area contributed by atoms with Gasteiger partial charge in [0, 0.05) is 5.92 Å². The van der Waals surface area contributed by atoms with E-state index in [9.17, 15) is 4.79 Å². The van der Waals surface area contributed by atoms with Gasteiger partial charge in [-0.1, -0.05) is 45.6 Å². The van der Waals surface area contributed by atoms with Crippen LogP contribution in [-0.4, -0.2) is 5.78 Å². The van der Waals surface area contributed by atoms with Crippen LogP contribution in [0.5, 0.6) is 0 Å². The number of hydrogen-bond donors (Lipinski definition) is 0. The third-order valence-electron chi connectivity index (χ3n) is 4.02. The number of carbonyl (C=O) groups is 1. The van der Waals surface area contributed by atoms with Gasteiger partial charge in [-0.05, 0) is 37.7 Å². The average Bonchev–Trinajstić information content (AvgIpc) is 2.35. The molecule has 1 fully saturated rings. The summed E-state index contributed by atoms with van der Waals surface area (Å²) in [5, 5.41) is 0. The molecule has 1 aliphatic carbocycles. The van der Waals surface area contributed by atoms with E-state index in [-0.39, 0.29) is 0 Å². The molecule has 0 heterocycles. The summed E-state index contributed by atoms with van der Waals surface area (Å²) in [6.07, 6.45) is 10.0. The van der Waals surface area contributed by atoms with Gasteiger partial charge in [-0.3, -0.25) is 4.79 Å². The van der Waals surface area contributed by atoms with Crippen molar-refractivity contribution in [1.82, 2.24) is 0 Å². The summed E-state index contributed by atoms with van der Waals surface area (Å²) in [4.78, 5) is 12.1. The molecule has 0 aromatic carbocycles. The second-order valence-electron chi connectivity index (χ2n) is 5.05. The van der Waals surface area contributed by atoms with Crippen molar-refractivity contribution >= 4 is 5.78 Å². The predicted octanol–water partition coefficient (Wildman–Crippen LogP) is 4.52. The third-order valence-corrected chi connectivity index (χ3v) is 4.02. The van der Waals surface area contributed by atoms with Gasteiger partial charge in [0.15, 0.2) is 5.78 Å². The van der Waals surface area contributed by atoms with E-state index in [0.29, 0.717) is 11.7 Å². The van der Waals surface area contributed by atoms with Gasteiger partial charge in [0.2, 0.25) is 0 Å². The minimum absolute atomic E-state index is 0.326. The summed E-state index contributed by atoms with van der Waals surface area (Å²) in [5.74, 6) is 1.52. The van der Waals surface area contributed by atoms with Gasteiger partial charge in [0.25, 0.3) is 0 Å². The predicted molar refractivity (Wildman–Crippen MR) is 69.4 cm³/mol. The van der Waals surface area contributed by atoms with E-state index in [1.165, 1.54) is 24.8 Å². The maximum Gasteiger partial charge on any atom is 0.158 e. The molecule has 0 spiro atoms. The molecule has 1 nitrogen and oxygen atoms in total. The first-order chi connectivity index (χ1) is 7.71. The lowest BCUT2D eigenvalue weighted by molar-refractivity contribution is -0.119. The van der Waals surface area contributed by atoms with E-state index >= 15 is 0 Å². The lowest BCUT2D eigenvalue weighted by Gasteiger charge is -2.26. The fraction of sp³-hybridized carbons (Fsp3) is 0.800. The lowest BCUT2D eigenvalue weighted by atomic mass is 9.78. The molecule has 0 saturated heterocycles. The Balaban J connectivity index is 2.56. The third kappa shape index (κ3) is 3.77. The zero-order valence-electron chi connectivity index (χ0n) is 11.1. The Labute approximate surface area is 100 Å². The summed E-state index contributed by atoms with van der Waals surface area (Å²) in [6.45, 7) is 6.52. The van der Waals surface area contributed by atoms with Gasteiger partial charge in [-0.25, -0.2) is 0 Å². The van der Waals surface area contributed by atoms with Gasteiger partial charge in [-0.15, -0.1) is 0 Å². The molecule has 16 heavy (non-hydrogen) atoms. The monoisotopic (exact) mass is 222 g/mol. The Bertz CT molecular complexity index is 246. The average molecular weight is 222 g/mol. The van der Waals surface area contributed by atoms with Crippen molar-refractivity contribution in [3.8, 4) is 0 Å². The van der Waals surface area contributed by atoms with Crippen molar-refractivity contribution in [1.29, 1.82) is 0 Å². The maximum absolute atomic E-state index is 12.1. The van der Waals surface area contributed by atoms with Gasteiger partial charge < -0.3 is 0 Å². The van der Waals surface area contributed by atoms with Crippen LogP contribution < -0.4 is 0 Å². The van der Waals surface area contributed by atoms with Crippen LogP contribution in [0.2, 0.25) is 0 Å². The summed E-state index contributed by atoms with van der Waals surface area (Å²) in [7, 11) is 0. The standard InChI is InChI=1S/C15H26O/c1-4-12(5-2)11-15(16)14-9-7-8-13(6-3)10-14/h11,13-14H,4-10H2,1-3H3. The van der Waals surface area contributed by atoms with Crippen LogP contribution >= 0.6 is 0 Å². The summed E-state index contributed by atoms with van der Waals surface area (Å²) >= 11 is 0. The highest BCUT2D eigenvalue weighted by Crippen LogP contribution is 2.32. The molecule has 2 unspecified atom stereocenters. The maximum atomic E-state index is 12.1. The first-order valence-electron chi connectivity index (χ1n) is 6.94. The van der Waals surface area contributed by atoms with E-state index in [0.717, 1.165) is 31.6 Å². The molecule has 1 saturated carbocycles. The van der Waals surface area contributed by atoms with Crippen molar-refractivity contribution in [3.05, 3.63) is 11.6 Å². The highest BCUT2D eigenvalue weighted by atomic mass is 16.1. The lowest BCUT2D eigenvalue weighted by Crippen LogP contribution is -2.21. The number of rotatable bonds is 5. The topological polar surface area (TPSA) is 17.1 Å². The molecule has 0 aromatic heterocycles. The molecule has 1 heteroatoms. The van der Waals surface area contributed by atoms with Crippen LogP contribution in [0.25, 0.3) is 0 Å². The molecule has 0 N–H and O–H groups in total. The Morgan fingerprint density at radius 2 is 1.88 bits per heavy atom. The second-order valence-corrected chi connectivity index (χ2v) is 5.05. The minimum atomic E-state index is 0.326. The van der Waals surface area contributed by atoms with Crippen LogP contribution in [0.4, 0.5) is 0 Å². The smallest absolute Gasteiger partial charge is 0.158 e. The summed E-state index contributed by atoms with van der Waals surface area (Å²) < 4.78 is 0. The van der Waals surface area contributed by atoms with E-state index in [1.807, 2.05) is 6.08 Å². The second kappa shape index (κ2) is 6.88. The molecule has 1 aliphatic rings. The first kappa shape index (κ1) is 13.5. The number of ketones is 1. The van der Waals surface area contributed by atoms with Crippen molar-refractivity contribution in [3.63, 3.8) is 0 Å². The van der Waals surface area contributed by atoms with Crippen molar-refractivity contribution in [2.75, 3.05) is 0 Å². The fourth-order valence-electron chi connectivity index (χ4n) is 2.69. The molecule has 1 rings (SSSR count). The summed E-state index contributed by atoms with van der Waals surface area (Å²) in [6, 6.07) is 0. The van der Waals surface area contributed by atoms with Crippen LogP contribution in [-0.2, 0) is 4.79 Å². The summed E-state index contributed by atoms with van der Waals surface area (Å²) in [5.41, 5.74) is 1.31. The Morgan fingerprint density at radius 1 is 1.19 bits per heavy atom. The Hall–Kier alpha value is -0.590. The molecule has 0 radical (unpaired) electrons. The van der Waals surface area contributed by atoms with E-state index in [4.69, 9.17) is 0 Å². The van der Waals surface area contributed by atoms with Crippen LogP contribution in [0.15, 0.2) is 11.6 Å². The molecule has 0 aliphatic heterocycles. The van der Waals surface area contributed by atoms with E-state index in [2.05, 4.69) is 20.8 Å². The fourth-order valence-corrected chi connectivity index (χ4v) is 2.69. The first-order valence-corrected chi connectivity index (χ1v) is 6.94. The van der Waals surface area contributed by atoms with Gasteiger partial charge >= 0.3 is 0 Å². The minimum Gasteiger partial charge on any atom is -0.295 e. The van der Waals surface area contributed by atoms with Gasteiger partial charge in [0.1, 0.15) is 0 Å². The zero-order valence-corrected chi connectivity index (χ0v) is 11.1. The highest BCUT2D eigenvalue weighted by Gasteiger charge is 2.24. The van der Waals surface area contributed by atoms with E-state index < -0.39 is 0 Å². The number of carbonyl (C=O) groups excluding carboxylic acids is 1. The molecular formula is C15H26O. The van der Waals surface area contributed by atoms with Crippen molar-refractivity contribution in [2.45, 2.75) is 65.7 Å². The highest BCUT2D eigenvalue weighted by molar-refractivity contribution is 5.92. The quantitative estimate of drug-likeness (QED) is 0.625. The van der Waals surface area contributed by atoms with Crippen LogP contribution in [0, 0.1) is 11.8 Å². The molecule has 0 bridgehead atoms. The molecule has 0 amide bonds. The SMILES string of the molecule is CCC(=CC(=O)C1CCCC(CC)C1)CC. The molecular weight excluding hydrogens is 196 g/mol. The van der Waals surface area contributed by atoms with Gasteiger partial charge in [-0.2, -0.15) is 0 Å². The van der Waals surface area contributed by atoms with Gasteiger partial charge in [0.05, 0.1) is 0 Å². The van der Waals surface area contributed by atoms with E-state index in [1.54, 1.807) is 0 Å². The molecule has 0 aromatic rings. The Kier molecular flexibility index (Phi) is 5.79. The van der Waals surface area contributed by atoms with Crippen molar-refractivity contribution < 1.29 is 4.79 Å². The zero-order chi connectivity index (χ0) is 12.0. The number of hydrogen-bond acceptors (Lipinski definition) is 1. The largest absolute Gasteiger partial charge is 0.295 e.